The van der Waals surface area contributed by atoms with Gasteiger partial charge in [-0.25, -0.2) is 4.98 Å². The molecule has 2 heterocycles. The van der Waals surface area contributed by atoms with E-state index in [1.54, 1.807) is 11.5 Å². The number of fused-ring (bicyclic) bond motifs is 1. The number of aryl methyl sites for hydroxylation is 2. The lowest BCUT2D eigenvalue weighted by Gasteiger charge is -2.36. The molecule has 4 rings (SSSR count). The number of rotatable bonds is 4. The molecule has 0 aliphatic carbocycles. The predicted octanol–water partition coefficient (Wildman–Crippen LogP) is 2.44. The summed E-state index contributed by atoms with van der Waals surface area (Å²) in [5, 5.41) is 0. The fourth-order valence-electron chi connectivity index (χ4n) is 3.76. The summed E-state index contributed by atoms with van der Waals surface area (Å²) < 4.78 is 1.68. The molecule has 0 spiro atoms. The Morgan fingerprint density at radius 2 is 1.64 bits per heavy atom. The lowest BCUT2D eigenvalue weighted by Crippen LogP contribution is -2.49. The summed E-state index contributed by atoms with van der Waals surface area (Å²) >= 11 is 0. The number of hydrogen-bond donors (Lipinski definition) is 0. The number of amides is 1. The van der Waals surface area contributed by atoms with Crippen LogP contribution in [-0.2, 0) is 11.3 Å². The normalized spacial score (nSPS) is 14.5. The summed E-state index contributed by atoms with van der Waals surface area (Å²) in [5.74, 6) is 0.0955. The van der Waals surface area contributed by atoms with E-state index in [2.05, 4.69) is 22.0 Å². The van der Waals surface area contributed by atoms with Crippen LogP contribution in [0.3, 0.4) is 0 Å². The molecule has 6 heteroatoms. The van der Waals surface area contributed by atoms with E-state index in [1.807, 2.05) is 47.4 Å². The van der Waals surface area contributed by atoms with Crippen molar-refractivity contribution in [3.63, 3.8) is 0 Å². The summed E-state index contributed by atoms with van der Waals surface area (Å²) in [7, 11) is 0. The molecular weight excluding hydrogens is 352 g/mol. The zero-order chi connectivity index (χ0) is 19.5. The van der Waals surface area contributed by atoms with Gasteiger partial charge in [0.15, 0.2) is 0 Å². The lowest BCUT2D eigenvalue weighted by atomic mass is 10.2. The predicted molar refractivity (Wildman–Crippen MR) is 111 cm³/mol. The Kier molecular flexibility index (Phi) is 5.10. The Labute approximate surface area is 164 Å². The lowest BCUT2D eigenvalue weighted by molar-refractivity contribution is -0.131. The third kappa shape index (κ3) is 3.63. The molecule has 0 bridgehead atoms. The van der Waals surface area contributed by atoms with Gasteiger partial charge in [-0.05, 0) is 31.2 Å². The third-order valence-corrected chi connectivity index (χ3v) is 5.32. The topological polar surface area (TPSA) is 58.4 Å². The molecule has 28 heavy (non-hydrogen) atoms. The third-order valence-electron chi connectivity index (χ3n) is 5.32. The maximum atomic E-state index is 12.7. The van der Waals surface area contributed by atoms with Gasteiger partial charge in [0.1, 0.15) is 5.69 Å². The van der Waals surface area contributed by atoms with Crippen LogP contribution in [0.5, 0.6) is 0 Å². The first-order chi connectivity index (χ1) is 13.6. The van der Waals surface area contributed by atoms with E-state index in [4.69, 9.17) is 0 Å². The summed E-state index contributed by atoms with van der Waals surface area (Å²) in [4.78, 5) is 33.8. The molecule has 1 fully saturated rings. The standard InChI is InChI=1S/C22H24N4O2/c1-17-22(28)26(20-10-6-5-9-19(20)23-17)12-11-21(27)25-15-13-24(14-16-25)18-7-3-2-4-8-18/h2-10H,11-16H2,1H3. The number of hydrogen-bond acceptors (Lipinski definition) is 4. The largest absolute Gasteiger partial charge is 0.368 e. The van der Waals surface area contributed by atoms with Crippen LogP contribution in [0.2, 0.25) is 0 Å². The summed E-state index contributed by atoms with van der Waals surface area (Å²) in [6.07, 6.45) is 0.318. The number of carbonyl (C=O) groups is 1. The van der Waals surface area contributed by atoms with Crippen LogP contribution in [0.25, 0.3) is 11.0 Å². The van der Waals surface area contributed by atoms with E-state index in [1.165, 1.54) is 5.69 Å². The Balaban J connectivity index is 1.41. The van der Waals surface area contributed by atoms with E-state index in [0.717, 1.165) is 24.1 Å². The quantitative estimate of drug-likeness (QED) is 0.702. The number of piperazine rings is 1. The second-order valence-corrected chi connectivity index (χ2v) is 7.10. The van der Waals surface area contributed by atoms with Gasteiger partial charge in [0.05, 0.1) is 11.0 Å². The minimum absolute atomic E-state index is 0.0955. The van der Waals surface area contributed by atoms with Gasteiger partial charge in [-0.15, -0.1) is 0 Å². The molecule has 6 nitrogen and oxygen atoms in total. The van der Waals surface area contributed by atoms with Crippen molar-refractivity contribution >= 4 is 22.6 Å². The van der Waals surface area contributed by atoms with Gasteiger partial charge in [0.2, 0.25) is 5.91 Å². The van der Waals surface area contributed by atoms with Gasteiger partial charge < -0.3 is 14.4 Å². The Hall–Kier alpha value is -3.15. The van der Waals surface area contributed by atoms with Gasteiger partial charge in [0.25, 0.3) is 5.56 Å². The van der Waals surface area contributed by atoms with Crippen molar-refractivity contribution in [2.45, 2.75) is 19.9 Å². The molecule has 1 saturated heterocycles. The molecule has 0 unspecified atom stereocenters. The summed E-state index contributed by atoms with van der Waals surface area (Å²) in [6, 6.07) is 17.8. The zero-order valence-electron chi connectivity index (χ0n) is 16.0. The van der Waals surface area contributed by atoms with Crippen molar-refractivity contribution in [2.75, 3.05) is 31.1 Å². The average Bonchev–Trinajstić information content (AvgIpc) is 2.74. The smallest absolute Gasteiger partial charge is 0.272 e. The minimum Gasteiger partial charge on any atom is -0.368 e. The van der Waals surface area contributed by atoms with Crippen LogP contribution in [0.4, 0.5) is 5.69 Å². The molecule has 1 aliphatic heterocycles. The number of para-hydroxylation sites is 3. The van der Waals surface area contributed by atoms with E-state index < -0.39 is 0 Å². The Bertz CT molecular complexity index is 1040. The first kappa shape index (κ1) is 18.2. The van der Waals surface area contributed by atoms with E-state index >= 15 is 0 Å². The van der Waals surface area contributed by atoms with Crippen molar-refractivity contribution in [1.82, 2.24) is 14.5 Å². The molecule has 0 saturated carbocycles. The molecule has 3 aromatic rings. The highest BCUT2D eigenvalue weighted by Gasteiger charge is 2.21. The van der Waals surface area contributed by atoms with Crippen molar-refractivity contribution in [3.05, 3.63) is 70.6 Å². The molecule has 1 amide bonds. The highest BCUT2D eigenvalue weighted by Crippen LogP contribution is 2.16. The first-order valence-corrected chi connectivity index (χ1v) is 9.67. The highest BCUT2D eigenvalue weighted by molar-refractivity contribution is 5.77. The van der Waals surface area contributed by atoms with Gasteiger partial charge in [-0.1, -0.05) is 30.3 Å². The number of carbonyl (C=O) groups excluding carboxylic acids is 1. The van der Waals surface area contributed by atoms with Crippen molar-refractivity contribution in [2.24, 2.45) is 0 Å². The number of anilines is 1. The second kappa shape index (κ2) is 7.84. The van der Waals surface area contributed by atoms with Crippen LogP contribution in [0, 0.1) is 6.92 Å². The second-order valence-electron chi connectivity index (χ2n) is 7.10. The van der Waals surface area contributed by atoms with Gasteiger partial charge >= 0.3 is 0 Å². The van der Waals surface area contributed by atoms with E-state index in [0.29, 0.717) is 31.7 Å². The van der Waals surface area contributed by atoms with Crippen LogP contribution < -0.4 is 10.5 Å². The maximum Gasteiger partial charge on any atom is 0.272 e. The van der Waals surface area contributed by atoms with Crippen LogP contribution in [0.15, 0.2) is 59.4 Å². The fraction of sp³-hybridized carbons (Fsp3) is 0.318. The monoisotopic (exact) mass is 376 g/mol. The van der Waals surface area contributed by atoms with Crippen LogP contribution in [0.1, 0.15) is 12.1 Å². The molecule has 1 aliphatic rings. The molecule has 144 valence electrons. The van der Waals surface area contributed by atoms with E-state index in [9.17, 15) is 9.59 Å². The highest BCUT2D eigenvalue weighted by atomic mass is 16.2. The summed E-state index contributed by atoms with van der Waals surface area (Å²) in [5.41, 5.74) is 3.09. The molecule has 1 aromatic heterocycles. The zero-order valence-corrected chi connectivity index (χ0v) is 16.0. The number of aromatic nitrogens is 2. The first-order valence-electron chi connectivity index (χ1n) is 9.67. The van der Waals surface area contributed by atoms with Gasteiger partial charge in [0, 0.05) is 44.8 Å². The van der Waals surface area contributed by atoms with Crippen LogP contribution in [-0.4, -0.2) is 46.5 Å². The minimum atomic E-state index is -0.125. The molecule has 0 radical (unpaired) electrons. The molecule has 0 atom stereocenters. The van der Waals surface area contributed by atoms with E-state index in [-0.39, 0.29) is 11.5 Å². The van der Waals surface area contributed by atoms with Crippen LogP contribution >= 0.6 is 0 Å². The molecule has 0 N–H and O–H groups in total. The Morgan fingerprint density at radius 1 is 0.964 bits per heavy atom. The summed E-state index contributed by atoms with van der Waals surface area (Å²) in [6.45, 7) is 5.16. The number of nitrogens with zero attached hydrogens (tertiary/aromatic N) is 4. The molecular formula is C22H24N4O2. The molecule has 2 aromatic carbocycles. The number of benzene rings is 2. The van der Waals surface area contributed by atoms with Crippen molar-refractivity contribution in [1.29, 1.82) is 0 Å². The fourth-order valence-corrected chi connectivity index (χ4v) is 3.76. The van der Waals surface area contributed by atoms with Gasteiger partial charge in [-0.3, -0.25) is 9.59 Å². The SMILES string of the molecule is Cc1nc2ccccc2n(CCC(=O)N2CCN(c3ccccc3)CC2)c1=O. The average molecular weight is 376 g/mol. The Morgan fingerprint density at radius 3 is 2.39 bits per heavy atom. The van der Waals surface area contributed by atoms with Crippen molar-refractivity contribution in [3.8, 4) is 0 Å². The van der Waals surface area contributed by atoms with Crippen molar-refractivity contribution < 1.29 is 4.79 Å². The maximum absolute atomic E-state index is 12.7. The van der Waals surface area contributed by atoms with Gasteiger partial charge in [-0.2, -0.15) is 0 Å².